The van der Waals surface area contributed by atoms with E-state index in [0.29, 0.717) is 5.88 Å². The van der Waals surface area contributed by atoms with Crippen molar-refractivity contribution in [3.05, 3.63) is 35.2 Å². The van der Waals surface area contributed by atoms with Gasteiger partial charge in [-0.15, -0.1) is 21.8 Å². The maximum Gasteiger partial charge on any atom is 0.163 e. The first-order valence-electron chi connectivity index (χ1n) is 5.86. The quantitative estimate of drug-likeness (QED) is 0.764. The maximum absolute atomic E-state index is 5.80. The molecule has 1 aliphatic carbocycles. The zero-order valence-corrected chi connectivity index (χ0v) is 10.5. The highest BCUT2D eigenvalue weighted by molar-refractivity contribution is 6.16. The number of rotatable bonds is 2. The lowest BCUT2D eigenvalue weighted by molar-refractivity contribution is 0.853. The summed E-state index contributed by atoms with van der Waals surface area (Å²) in [6.07, 6.45) is 3.66. The number of hydrogen-bond donors (Lipinski definition) is 0. The van der Waals surface area contributed by atoms with Crippen LogP contribution in [0.25, 0.3) is 11.4 Å². The van der Waals surface area contributed by atoms with Gasteiger partial charge in [0.2, 0.25) is 0 Å². The van der Waals surface area contributed by atoms with Gasteiger partial charge in [-0.25, -0.2) is 0 Å². The number of benzene rings is 1. The van der Waals surface area contributed by atoms with Crippen molar-refractivity contribution >= 4 is 11.6 Å². The van der Waals surface area contributed by atoms with E-state index < -0.39 is 0 Å². The van der Waals surface area contributed by atoms with E-state index in [1.54, 1.807) is 0 Å². The van der Waals surface area contributed by atoms with Crippen LogP contribution in [0.4, 0.5) is 0 Å². The van der Waals surface area contributed by atoms with Gasteiger partial charge in [-0.2, -0.15) is 0 Å². The standard InChI is InChI=1S/C13H14ClN3/c1-17-12(8-14)15-16-13(17)11-6-5-9-3-2-4-10(9)7-11/h5-7H,2-4,8H2,1H3. The molecule has 3 rings (SSSR count). The van der Waals surface area contributed by atoms with Crippen molar-refractivity contribution in [2.75, 3.05) is 0 Å². The molecule has 0 unspecified atom stereocenters. The van der Waals surface area contributed by atoms with Crippen molar-refractivity contribution in [3.8, 4) is 11.4 Å². The average molecular weight is 248 g/mol. The number of nitrogens with zero attached hydrogens (tertiary/aromatic N) is 3. The largest absolute Gasteiger partial charge is 0.313 e. The number of aryl methyl sites for hydroxylation is 2. The monoisotopic (exact) mass is 247 g/mol. The van der Waals surface area contributed by atoms with Crippen LogP contribution in [-0.4, -0.2) is 14.8 Å². The van der Waals surface area contributed by atoms with Crippen LogP contribution in [0.3, 0.4) is 0 Å². The molecule has 17 heavy (non-hydrogen) atoms. The summed E-state index contributed by atoms with van der Waals surface area (Å²) in [5.74, 6) is 2.10. The molecule has 1 heterocycles. The number of hydrogen-bond acceptors (Lipinski definition) is 2. The Kier molecular flexibility index (Phi) is 2.63. The summed E-state index contributed by atoms with van der Waals surface area (Å²) < 4.78 is 1.96. The van der Waals surface area contributed by atoms with E-state index in [1.165, 1.54) is 30.4 Å². The first-order chi connectivity index (χ1) is 8.29. The molecule has 1 aliphatic rings. The molecule has 4 heteroatoms. The zero-order valence-electron chi connectivity index (χ0n) is 9.78. The fourth-order valence-electron chi connectivity index (χ4n) is 2.44. The van der Waals surface area contributed by atoms with Crippen molar-refractivity contribution in [2.45, 2.75) is 25.1 Å². The molecule has 2 aromatic rings. The van der Waals surface area contributed by atoms with Crippen LogP contribution in [0.5, 0.6) is 0 Å². The van der Waals surface area contributed by atoms with Gasteiger partial charge in [0.15, 0.2) is 5.82 Å². The van der Waals surface area contributed by atoms with E-state index in [0.717, 1.165) is 17.2 Å². The molecule has 0 bridgehead atoms. The third-order valence-corrected chi connectivity index (χ3v) is 3.68. The Labute approximate surface area is 105 Å². The number of alkyl halides is 1. The Morgan fingerprint density at radius 3 is 2.82 bits per heavy atom. The molecular weight excluding hydrogens is 234 g/mol. The summed E-state index contributed by atoms with van der Waals surface area (Å²) in [7, 11) is 1.96. The molecule has 0 fully saturated rings. The summed E-state index contributed by atoms with van der Waals surface area (Å²) in [6.45, 7) is 0. The molecular formula is C13H14ClN3. The van der Waals surface area contributed by atoms with Gasteiger partial charge in [0.1, 0.15) is 5.82 Å². The lowest BCUT2D eigenvalue weighted by Crippen LogP contribution is -1.97. The van der Waals surface area contributed by atoms with Crippen LogP contribution in [0.1, 0.15) is 23.4 Å². The van der Waals surface area contributed by atoms with Crippen molar-refractivity contribution in [3.63, 3.8) is 0 Å². The molecule has 88 valence electrons. The van der Waals surface area contributed by atoms with Crippen LogP contribution < -0.4 is 0 Å². The Morgan fingerprint density at radius 1 is 1.24 bits per heavy atom. The molecule has 0 saturated carbocycles. The second-order valence-corrected chi connectivity index (χ2v) is 4.74. The van der Waals surface area contributed by atoms with E-state index in [9.17, 15) is 0 Å². The van der Waals surface area contributed by atoms with Crippen LogP contribution in [0.15, 0.2) is 18.2 Å². The Morgan fingerprint density at radius 2 is 2.06 bits per heavy atom. The zero-order chi connectivity index (χ0) is 11.8. The number of halogens is 1. The minimum absolute atomic E-state index is 0.397. The predicted molar refractivity (Wildman–Crippen MR) is 68.0 cm³/mol. The first kappa shape index (κ1) is 10.8. The van der Waals surface area contributed by atoms with E-state index in [2.05, 4.69) is 28.4 Å². The lowest BCUT2D eigenvalue weighted by atomic mass is 10.1. The van der Waals surface area contributed by atoms with Crippen LogP contribution in [-0.2, 0) is 25.8 Å². The maximum atomic E-state index is 5.80. The molecule has 3 nitrogen and oxygen atoms in total. The molecule has 0 aliphatic heterocycles. The summed E-state index contributed by atoms with van der Waals surface area (Å²) >= 11 is 5.80. The fraction of sp³-hybridized carbons (Fsp3) is 0.385. The smallest absolute Gasteiger partial charge is 0.163 e. The SMILES string of the molecule is Cn1c(CCl)nnc1-c1ccc2c(c1)CCC2. The van der Waals surface area contributed by atoms with E-state index in [-0.39, 0.29) is 0 Å². The minimum atomic E-state index is 0.397. The lowest BCUT2D eigenvalue weighted by Gasteiger charge is -2.05. The molecule has 0 spiro atoms. The van der Waals surface area contributed by atoms with E-state index in [4.69, 9.17) is 11.6 Å². The highest BCUT2D eigenvalue weighted by atomic mass is 35.5. The van der Waals surface area contributed by atoms with Gasteiger partial charge in [-0.3, -0.25) is 0 Å². The van der Waals surface area contributed by atoms with E-state index >= 15 is 0 Å². The van der Waals surface area contributed by atoms with Crippen LogP contribution >= 0.6 is 11.6 Å². The van der Waals surface area contributed by atoms with Gasteiger partial charge in [0.25, 0.3) is 0 Å². The molecule has 0 radical (unpaired) electrons. The topological polar surface area (TPSA) is 30.7 Å². The second-order valence-electron chi connectivity index (χ2n) is 4.47. The summed E-state index contributed by atoms with van der Waals surface area (Å²) in [5.41, 5.74) is 4.07. The van der Waals surface area contributed by atoms with E-state index in [1.807, 2.05) is 11.6 Å². The molecule has 0 atom stereocenters. The fourth-order valence-corrected chi connectivity index (χ4v) is 2.67. The van der Waals surface area contributed by atoms with Gasteiger partial charge in [-0.05, 0) is 36.5 Å². The van der Waals surface area contributed by atoms with Gasteiger partial charge >= 0.3 is 0 Å². The van der Waals surface area contributed by atoms with Gasteiger partial charge < -0.3 is 4.57 Å². The number of aromatic nitrogens is 3. The molecule has 0 saturated heterocycles. The molecule has 0 amide bonds. The molecule has 1 aromatic carbocycles. The Hall–Kier alpha value is -1.35. The van der Waals surface area contributed by atoms with Crippen LogP contribution in [0.2, 0.25) is 0 Å². The number of fused-ring (bicyclic) bond motifs is 1. The van der Waals surface area contributed by atoms with Gasteiger partial charge in [0.05, 0.1) is 5.88 Å². The Bertz CT molecular complexity index is 560. The summed E-state index contributed by atoms with van der Waals surface area (Å²) in [5, 5.41) is 8.30. The summed E-state index contributed by atoms with van der Waals surface area (Å²) in [6, 6.07) is 6.59. The molecule has 1 aromatic heterocycles. The van der Waals surface area contributed by atoms with Gasteiger partial charge in [0, 0.05) is 12.6 Å². The predicted octanol–water partition coefficient (Wildman–Crippen LogP) is 2.71. The second kappa shape index (κ2) is 4.15. The summed E-state index contributed by atoms with van der Waals surface area (Å²) in [4.78, 5) is 0. The Balaban J connectivity index is 2.06. The van der Waals surface area contributed by atoms with Crippen LogP contribution in [0, 0.1) is 0 Å². The highest BCUT2D eigenvalue weighted by Gasteiger charge is 2.14. The van der Waals surface area contributed by atoms with Crippen molar-refractivity contribution < 1.29 is 0 Å². The van der Waals surface area contributed by atoms with Crippen molar-refractivity contribution in [1.82, 2.24) is 14.8 Å². The van der Waals surface area contributed by atoms with Gasteiger partial charge in [-0.1, -0.05) is 12.1 Å². The minimum Gasteiger partial charge on any atom is -0.313 e. The third kappa shape index (κ3) is 1.75. The van der Waals surface area contributed by atoms with Crippen molar-refractivity contribution in [1.29, 1.82) is 0 Å². The molecule has 0 N–H and O–H groups in total. The highest BCUT2D eigenvalue weighted by Crippen LogP contribution is 2.27. The third-order valence-electron chi connectivity index (χ3n) is 3.44. The average Bonchev–Trinajstić information content (AvgIpc) is 2.94. The normalized spacial score (nSPS) is 14.0. The van der Waals surface area contributed by atoms with Crippen molar-refractivity contribution in [2.24, 2.45) is 7.05 Å². The first-order valence-corrected chi connectivity index (χ1v) is 6.39.